The van der Waals surface area contributed by atoms with Crippen LogP contribution < -0.4 is 4.72 Å². The van der Waals surface area contributed by atoms with Crippen LogP contribution in [-0.4, -0.2) is 33.3 Å². The molecule has 0 aliphatic heterocycles. The average molecular weight is 297 g/mol. The maximum Gasteiger partial charge on any atom is 0.305 e. The van der Waals surface area contributed by atoms with Crippen LogP contribution in [0.5, 0.6) is 0 Å². The highest BCUT2D eigenvalue weighted by Gasteiger charge is 2.25. The van der Waals surface area contributed by atoms with Crippen LogP contribution in [0, 0.1) is 0 Å². The quantitative estimate of drug-likeness (QED) is 0.796. The Morgan fingerprint density at radius 2 is 1.90 bits per heavy atom. The van der Waals surface area contributed by atoms with E-state index in [1.807, 2.05) is 24.3 Å². The first-order chi connectivity index (χ1) is 9.50. The summed E-state index contributed by atoms with van der Waals surface area (Å²) in [5.74, 6) is -0.428. The molecule has 1 aliphatic carbocycles. The number of ether oxygens (including phenoxy) is 1. The van der Waals surface area contributed by atoms with Crippen LogP contribution in [0.2, 0.25) is 0 Å². The van der Waals surface area contributed by atoms with Crippen molar-refractivity contribution in [1.82, 2.24) is 4.72 Å². The number of fused-ring (bicyclic) bond motifs is 1. The van der Waals surface area contributed by atoms with Crippen molar-refractivity contribution in [3.8, 4) is 0 Å². The Hall–Kier alpha value is -1.40. The first kappa shape index (κ1) is 15.0. The molecule has 0 bridgehead atoms. The Morgan fingerprint density at radius 3 is 2.45 bits per heavy atom. The summed E-state index contributed by atoms with van der Waals surface area (Å²) in [5.41, 5.74) is 2.41. The van der Waals surface area contributed by atoms with E-state index in [-0.39, 0.29) is 30.6 Å². The van der Waals surface area contributed by atoms with Crippen LogP contribution in [0.25, 0.3) is 0 Å². The molecule has 0 amide bonds. The monoisotopic (exact) mass is 297 g/mol. The SMILES string of the molecule is COC(=O)CCCS(=O)(=O)NC1Cc2ccccc2C1. The van der Waals surface area contributed by atoms with Crippen molar-refractivity contribution < 1.29 is 17.9 Å². The molecule has 6 heteroatoms. The minimum Gasteiger partial charge on any atom is -0.469 e. The van der Waals surface area contributed by atoms with E-state index >= 15 is 0 Å². The van der Waals surface area contributed by atoms with Crippen molar-refractivity contribution in [2.45, 2.75) is 31.7 Å². The van der Waals surface area contributed by atoms with Gasteiger partial charge in [-0.3, -0.25) is 4.79 Å². The van der Waals surface area contributed by atoms with E-state index in [0.29, 0.717) is 0 Å². The van der Waals surface area contributed by atoms with Gasteiger partial charge in [0, 0.05) is 12.5 Å². The van der Waals surface area contributed by atoms with Crippen LogP contribution >= 0.6 is 0 Å². The van der Waals surface area contributed by atoms with Gasteiger partial charge in [0.2, 0.25) is 10.0 Å². The van der Waals surface area contributed by atoms with E-state index in [1.165, 1.54) is 18.2 Å². The highest BCUT2D eigenvalue weighted by Crippen LogP contribution is 2.22. The fourth-order valence-electron chi connectivity index (χ4n) is 2.46. The molecule has 1 aromatic rings. The number of benzene rings is 1. The Bertz CT molecular complexity index is 558. The molecule has 20 heavy (non-hydrogen) atoms. The van der Waals surface area contributed by atoms with E-state index in [2.05, 4.69) is 9.46 Å². The van der Waals surface area contributed by atoms with Gasteiger partial charge in [0.25, 0.3) is 0 Å². The lowest BCUT2D eigenvalue weighted by molar-refractivity contribution is -0.140. The standard InChI is InChI=1S/C14H19NO4S/c1-19-14(16)7-4-8-20(17,18)15-13-9-11-5-2-3-6-12(11)10-13/h2-3,5-6,13,15H,4,7-10H2,1H3. The Morgan fingerprint density at radius 1 is 1.30 bits per heavy atom. The molecule has 1 aromatic carbocycles. The van der Waals surface area contributed by atoms with E-state index in [9.17, 15) is 13.2 Å². The lowest BCUT2D eigenvalue weighted by Crippen LogP contribution is -2.37. The lowest BCUT2D eigenvalue weighted by Gasteiger charge is -2.12. The second-order valence-electron chi connectivity index (χ2n) is 4.99. The molecule has 0 spiro atoms. The van der Waals surface area contributed by atoms with Gasteiger partial charge >= 0.3 is 5.97 Å². The van der Waals surface area contributed by atoms with Crippen molar-refractivity contribution >= 4 is 16.0 Å². The zero-order valence-corrected chi connectivity index (χ0v) is 12.3. The molecule has 0 fully saturated rings. The highest BCUT2D eigenvalue weighted by atomic mass is 32.2. The zero-order chi connectivity index (χ0) is 14.6. The molecule has 0 atom stereocenters. The predicted molar refractivity (Wildman–Crippen MR) is 75.8 cm³/mol. The third-order valence-electron chi connectivity index (χ3n) is 3.42. The Balaban J connectivity index is 1.83. The van der Waals surface area contributed by atoms with Crippen molar-refractivity contribution in [3.05, 3.63) is 35.4 Å². The first-order valence-electron chi connectivity index (χ1n) is 6.64. The maximum atomic E-state index is 11.9. The molecule has 0 unspecified atom stereocenters. The number of carbonyl (C=O) groups excluding carboxylic acids is 1. The molecule has 0 radical (unpaired) electrons. The summed E-state index contributed by atoms with van der Waals surface area (Å²) in [6.07, 6.45) is 1.86. The van der Waals surface area contributed by atoms with E-state index in [0.717, 1.165) is 12.8 Å². The van der Waals surface area contributed by atoms with Crippen LogP contribution in [0.1, 0.15) is 24.0 Å². The third-order valence-corrected chi connectivity index (χ3v) is 4.94. The first-order valence-corrected chi connectivity index (χ1v) is 8.29. The molecule has 1 N–H and O–H groups in total. The third kappa shape index (κ3) is 4.05. The molecule has 5 nitrogen and oxygen atoms in total. The van der Waals surface area contributed by atoms with Crippen molar-refractivity contribution in [2.24, 2.45) is 0 Å². The number of rotatable bonds is 6. The lowest BCUT2D eigenvalue weighted by atomic mass is 10.1. The Labute approximate surface area is 119 Å². The summed E-state index contributed by atoms with van der Waals surface area (Å²) >= 11 is 0. The van der Waals surface area contributed by atoms with Crippen molar-refractivity contribution in [1.29, 1.82) is 0 Å². The topological polar surface area (TPSA) is 72.5 Å². The van der Waals surface area contributed by atoms with Gasteiger partial charge in [0.05, 0.1) is 12.9 Å². The number of carbonyl (C=O) groups is 1. The molecular weight excluding hydrogens is 278 g/mol. The fourth-order valence-corrected chi connectivity index (χ4v) is 3.78. The summed E-state index contributed by atoms with van der Waals surface area (Å²) in [4.78, 5) is 11.0. The number of hydrogen-bond donors (Lipinski definition) is 1. The highest BCUT2D eigenvalue weighted by molar-refractivity contribution is 7.89. The van der Waals surface area contributed by atoms with Gasteiger partial charge in [0.1, 0.15) is 0 Å². The molecule has 110 valence electrons. The number of esters is 1. The average Bonchev–Trinajstić information content (AvgIpc) is 2.79. The fraction of sp³-hybridized carbons (Fsp3) is 0.500. The Kier molecular flexibility index (Phi) is 4.77. The van der Waals surface area contributed by atoms with Crippen LogP contribution in [0.4, 0.5) is 0 Å². The van der Waals surface area contributed by atoms with E-state index in [4.69, 9.17) is 0 Å². The van der Waals surface area contributed by atoms with E-state index in [1.54, 1.807) is 0 Å². The molecule has 2 rings (SSSR count). The molecular formula is C14H19NO4S. The van der Waals surface area contributed by atoms with Gasteiger partial charge in [-0.15, -0.1) is 0 Å². The second kappa shape index (κ2) is 6.37. The minimum atomic E-state index is -3.34. The second-order valence-corrected chi connectivity index (χ2v) is 6.86. The van der Waals surface area contributed by atoms with Crippen LogP contribution in [0.3, 0.4) is 0 Å². The molecule has 0 heterocycles. The van der Waals surface area contributed by atoms with Crippen LogP contribution in [0.15, 0.2) is 24.3 Å². The van der Waals surface area contributed by atoms with Crippen LogP contribution in [-0.2, 0) is 32.4 Å². The smallest absolute Gasteiger partial charge is 0.305 e. The molecule has 1 aliphatic rings. The maximum absolute atomic E-state index is 11.9. The molecule has 0 saturated heterocycles. The van der Waals surface area contributed by atoms with Gasteiger partial charge in [-0.2, -0.15) is 0 Å². The van der Waals surface area contributed by atoms with Gasteiger partial charge in [-0.1, -0.05) is 24.3 Å². The minimum absolute atomic E-state index is 0.0467. The van der Waals surface area contributed by atoms with E-state index < -0.39 is 10.0 Å². The van der Waals surface area contributed by atoms with Crippen molar-refractivity contribution in [3.63, 3.8) is 0 Å². The summed E-state index contributed by atoms with van der Waals surface area (Å²) in [6, 6.07) is 7.91. The predicted octanol–water partition coefficient (Wildman–Crippen LogP) is 1.03. The van der Waals surface area contributed by atoms with Gasteiger partial charge in [-0.05, 0) is 30.4 Å². The number of methoxy groups -OCH3 is 1. The zero-order valence-electron chi connectivity index (χ0n) is 11.5. The summed E-state index contributed by atoms with van der Waals surface area (Å²) in [6.45, 7) is 0. The largest absolute Gasteiger partial charge is 0.469 e. The summed E-state index contributed by atoms with van der Waals surface area (Å²) in [5, 5.41) is 0. The number of nitrogens with one attached hydrogen (secondary N) is 1. The normalized spacial score (nSPS) is 15.1. The molecule has 0 aromatic heterocycles. The summed E-state index contributed by atoms with van der Waals surface area (Å²) in [7, 11) is -2.05. The summed E-state index contributed by atoms with van der Waals surface area (Å²) < 4.78 is 31.1. The van der Waals surface area contributed by atoms with Gasteiger partial charge in [-0.25, -0.2) is 13.1 Å². The number of hydrogen-bond acceptors (Lipinski definition) is 4. The molecule has 0 saturated carbocycles. The number of sulfonamides is 1. The van der Waals surface area contributed by atoms with Crippen molar-refractivity contribution in [2.75, 3.05) is 12.9 Å². The van der Waals surface area contributed by atoms with Gasteiger partial charge < -0.3 is 4.74 Å². The van der Waals surface area contributed by atoms with Gasteiger partial charge in [0.15, 0.2) is 0 Å².